The third kappa shape index (κ3) is 4.53. The Kier molecular flexibility index (Phi) is 6.28. The molecule has 0 aliphatic rings. The zero-order valence-electron chi connectivity index (χ0n) is 18.1. The molecule has 2 aromatic heterocycles. The Bertz CT molecular complexity index is 1250. The van der Waals surface area contributed by atoms with Crippen LogP contribution in [0.1, 0.15) is 0 Å². The first-order valence-corrected chi connectivity index (χ1v) is 10.3. The van der Waals surface area contributed by atoms with Crippen LogP contribution < -0.4 is 10.6 Å². The standard InChI is InChI=1S/C25H25N5O2/c1-4-20(31)29-19-12-8-11-18(15-19)21-22-24(26-13-14-30(2)3)27-16-28-25(22)32-23(21)17-9-6-5-7-10-17/h4-12,15-16H,1,13-14H2,2-3H3,(H,29,31)(H,26,27,28). The number of hydrogen-bond acceptors (Lipinski definition) is 6. The van der Waals surface area contributed by atoms with Gasteiger partial charge in [-0.25, -0.2) is 9.97 Å². The van der Waals surface area contributed by atoms with Crippen LogP contribution in [0.5, 0.6) is 0 Å². The van der Waals surface area contributed by atoms with Crippen LogP contribution >= 0.6 is 0 Å². The van der Waals surface area contributed by atoms with Crippen LogP contribution in [0.15, 0.2) is 78.0 Å². The highest BCUT2D eigenvalue weighted by Gasteiger charge is 2.22. The van der Waals surface area contributed by atoms with Crippen LogP contribution in [-0.2, 0) is 4.79 Å². The van der Waals surface area contributed by atoms with Crippen molar-refractivity contribution in [3.63, 3.8) is 0 Å². The molecule has 7 heteroatoms. The van der Waals surface area contributed by atoms with Gasteiger partial charge in [-0.05, 0) is 37.9 Å². The molecule has 0 radical (unpaired) electrons. The fraction of sp³-hybridized carbons (Fsp3) is 0.160. The minimum absolute atomic E-state index is 0.267. The minimum atomic E-state index is -0.267. The SMILES string of the molecule is C=CC(=O)Nc1cccc(-c2c(-c3ccccc3)oc3ncnc(NCCN(C)C)c23)c1. The normalized spacial score (nSPS) is 11.0. The summed E-state index contributed by atoms with van der Waals surface area (Å²) in [4.78, 5) is 22.8. The largest absolute Gasteiger partial charge is 0.437 e. The van der Waals surface area contributed by atoms with Gasteiger partial charge in [-0.2, -0.15) is 0 Å². The molecule has 0 aliphatic heterocycles. The highest BCUT2D eigenvalue weighted by Crippen LogP contribution is 2.43. The highest BCUT2D eigenvalue weighted by atomic mass is 16.3. The van der Waals surface area contributed by atoms with Gasteiger partial charge in [0.1, 0.15) is 17.9 Å². The smallest absolute Gasteiger partial charge is 0.247 e. The first kappa shape index (κ1) is 21.3. The lowest BCUT2D eigenvalue weighted by atomic mass is 9.98. The molecule has 2 N–H and O–H groups in total. The zero-order chi connectivity index (χ0) is 22.5. The molecule has 0 aliphatic carbocycles. The van der Waals surface area contributed by atoms with Crippen LogP contribution in [0.4, 0.5) is 11.5 Å². The fourth-order valence-electron chi connectivity index (χ4n) is 3.48. The number of fused-ring (bicyclic) bond motifs is 1. The number of furan rings is 1. The van der Waals surface area contributed by atoms with E-state index in [0.29, 0.717) is 23.0 Å². The summed E-state index contributed by atoms with van der Waals surface area (Å²) in [7, 11) is 4.05. The quantitative estimate of drug-likeness (QED) is 0.398. The maximum atomic E-state index is 11.8. The van der Waals surface area contributed by atoms with Crippen molar-refractivity contribution in [1.29, 1.82) is 0 Å². The van der Waals surface area contributed by atoms with Crippen LogP contribution in [0.25, 0.3) is 33.6 Å². The molecule has 0 fully saturated rings. The lowest BCUT2D eigenvalue weighted by molar-refractivity contribution is -0.111. The van der Waals surface area contributed by atoms with E-state index in [9.17, 15) is 4.79 Å². The van der Waals surface area contributed by atoms with Gasteiger partial charge in [0, 0.05) is 29.9 Å². The lowest BCUT2D eigenvalue weighted by Crippen LogP contribution is -2.21. The molecule has 0 atom stereocenters. The highest BCUT2D eigenvalue weighted by molar-refractivity contribution is 6.06. The number of nitrogens with zero attached hydrogens (tertiary/aromatic N) is 3. The molecular formula is C25H25N5O2. The molecule has 2 aromatic carbocycles. The fourth-order valence-corrected chi connectivity index (χ4v) is 3.48. The van der Waals surface area contributed by atoms with Gasteiger partial charge >= 0.3 is 0 Å². The number of amides is 1. The second kappa shape index (κ2) is 9.45. The summed E-state index contributed by atoms with van der Waals surface area (Å²) >= 11 is 0. The van der Waals surface area contributed by atoms with E-state index in [4.69, 9.17) is 4.42 Å². The maximum Gasteiger partial charge on any atom is 0.247 e. The van der Waals surface area contributed by atoms with E-state index in [1.807, 2.05) is 68.7 Å². The molecule has 1 amide bonds. The molecule has 162 valence electrons. The van der Waals surface area contributed by atoms with E-state index in [2.05, 4.69) is 32.1 Å². The Balaban J connectivity index is 1.89. The molecule has 0 saturated heterocycles. The van der Waals surface area contributed by atoms with Gasteiger partial charge in [0.05, 0.1) is 5.39 Å². The number of rotatable bonds is 8. The van der Waals surface area contributed by atoms with Gasteiger partial charge in [0.15, 0.2) is 0 Å². The topological polar surface area (TPSA) is 83.3 Å². The van der Waals surface area contributed by atoms with Crippen molar-refractivity contribution in [3.8, 4) is 22.5 Å². The van der Waals surface area contributed by atoms with Crippen LogP contribution in [0, 0.1) is 0 Å². The maximum absolute atomic E-state index is 11.8. The lowest BCUT2D eigenvalue weighted by Gasteiger charge is -2.12. The summed E-state index contributed by atoms with van der Waals surface area (Å²) < 4.78 is 6.24. The zero-order valence-corrected chi connectivity index (χ0v) is 18.1. The van der Waals surface area contributed by atoms with Crippen molar-refractivity contribution in [3.05, 3.63) is 73.6 Å². The van der Waals surface area contributed by atoms with Crippen molar-refractivity contribution < 1.29 is 9.21 Å². The average Bonchev–Trinajstić information content (AvgIpc) is 3.20. The third-order valence-corrected chi connectivity index (χ3v) is 4.98. The van der Waals surface area contributed by atoms with Gasteiger partial charge < -0.3 is 20.0 Å². The molecular weight excluding hydrogens is 402 g/mol. The van der Waals surface area contributed by atoms with Gasteiger partial charge in [-0.3, -0.25) is 4.79 Å². The summed E-state index contributed by atoms with van der Waals surface area (Å²) in [6.45, 7) is 5.10. The Morgan fingerprint density at radius 1 is 1.09 bits per heavy atom. The molecule has 0 saturated carbocycles. The van der Waals surface area contributed by atoms with Gasteiger partial charge in [0.2, 0.25) is 11.6 Å². The molecule has 0 unspecified atom stereocenters. The predicted octanol–water partition coefficient (Wildman–Crippen LogP) is 4.65. The molecule has 2 heterocycles. The summed E-state index contributed by atoms with van der Waals surface area (Å²) in [6.07, 6.45) is 2.75. The van der Waals surface area contributed by atoms with Crippen molar-refractivity contribution in [2.75, 3.05) is 37.8 Å². The van der Waals surface area contributed by atoms with E-state index in [1.54, 1.807) is 0 Å². The number of benzene rings is 2. The van der Waals surface area contributed by atoms with Crippen LogP contribution in [0.3, 0.4) is 0 Å². The summed E-state index contributed by atoms with van der Waals surface area (Å²) in [5.41, 5.74) is 3.85. The average molecular weight is 428 g/mol. The number of aromatic nitrogens is 2. The molecule has 4 aromatic rings. The summed E-state index contributed by atoms with van der Waals surface area (Å²) in [6, 6.07) is 17.5. The Hall–Kier alpha value is -3.97. The number of anilines is 2. The second-order valence-electron chi connectivity index (χ2n) is 7.58. The number of nitrogens with one attached hydrogen (secondary N) is 2. The van der Waals surface area contributed by atoms with Crippen LogP contribution in [-0.4, -0.2) is 48.0 Å². The Labute approximate surface area is 186 Å². The first-order valence-electron chi connectivity index (χ1n) is 10.3. The molecule has 0 bridgehead atoms. The van der Waals surface area contributed by atoms with Gasteiger partial charge in [0.25, 0.3) is 0 Å². The van der Waals surface area contributed by atoms with Gasteiger partial charge in [-0.1, -0.05) is 49.0 Å². The van der Waals surface area contributed by atoms with Crippen molar-refractivity contribution in [2.24, 2.45) is 0 Å². The van der Waals surface area contributed by atoms with Crippen molar-refractivity contribution in [1.82, 2.24) is 14.9 Å². The van der Waals surface area contributed by atoms with E-state index in [1.165, 1.54) is 12.4 Å². The Morgan fingerprint density at radius 3 is 2.62 bits per heavy atom. The van der Waals surface area contributed by atoms with E-state index < -0.39 is 0 Å². The molecule has 4 rings (SSSR count). The van der Waals surface area contributed by atoms with Crippen molar-refractivity contribution in [2.45, 2.75) is 0 Å². The third-order valence-electron chi connectivity index (χ3n) is 4.98. The van der Waals surface area contributed by atoms with E-state index in [-0.39, 0.29) is 5.91 Å². The minimum Gasteiger partial charge on any atom is -0.437 e. The number of likely N-dealkylation sites (N-methyl/N-ethyl adjacent to an activating group) is 1. The van der Waals surface area contributed by atoms with E-state index >= 15 is 0 Å². The molecule has 7 nitrogen and oxygen atoms in total. The summed E-state index contributed by atoms with van der Waals surface area (Å²) in [5, 5.41) is 7.04. The number of carbonyl (C=O) groups is 1. The monoisotopic (exact) mass is 427 g/mol. The predicted molar refractivity (Wildman–Crippen MR) is 129 cm³/mol. The van der Waals surface area contributed by atoms with Gasteiger partial charge in [-0.15, -0.1) is 0 Å². The molecule has 32 heavy (non-hydrogen) atoms. The van der Waals surface area contributed by atoms with Crippen molar-refractivity contribution >= 4 is 28.5 Å². The second-order valence-corrected chi connectivity index (χ2v) is 7.58. The van der Waals surface area contributed by atoms with E-state index in [0.717, 1.165) is 35.2 Å². The molecule has 0 spiro atoms. The summed E-state index contributed by atoms with van der Waals surface area (Å²) in [5.74, 6) is 1.14. The number of hydrogen-bond donors (Lipinski definition) is 2. The first-order chi connectivity index (χ1) is 15.6. The van der Waals surface area contributed by atoms with Crippen LogP contribution in [0.2, 0.25) is 0 Å². The Morgan fingerprint density at radius 2 is 1.88 bits per heavy atom. The number of carbonyl (C=O) groups excluding carboxylic acids is 1.